The number of carbonyl (C=O) groups is 1. The van der Waals surface area contributed by atoms with Gasteiger partial charge in [-0.15, -0.1) is 5.10 Å². The minimum Gasteiger partial charge on any atom is -0.388 e. The van der Waals surface area contributed by atoms with Crippen LogP contribution in [0.4, 0.5) is 0 Å². The summed E-state index contributed by atoms with van der Waals surface area (Å²) in [5, 5.41) is 24.8. The molecule has 7 nitrogen and oxygen atoms in total. The Morgan fingerprint density at radius 1 is 1.28 bits per heavy atom. The molecule has 2 aromatic rings. The van der Waals surface area contributed by atoms with Gasteiger partial charge in [0, 0.05) is 6.54 Å². The molecule has 1 fully saturated rings. The van der Waals surface area contributed by atoms with E-state index in [1.165, 1.54) is 4.68 Å². The van der Waals surface area contributed by atoms with Crippen molar-refractivity contribution < 1.29 is 9.90 Å². The minimum atomic E-state index is -0.818. The van der Waals surface area contributed by atoms with Gasteiger partial charge < -0.3 is 10.4 Å². The van der Waals surface area contributed by atoms with E-state index in [9.17, 15) is 9.90 Å². The van der Waals surface area contributed by atoms with Gasteiger partial charge in [-0.2, -0.15) is 4.68 Å². The van der Waals surface area contributed by atoms with Crippen LogP contribution >= 0.6 is 0 Å². The van der Waals surface area contributed by atoms with Gasteiger partial charge in [-0.3, -0.25) is 4.79 Å². The molecular formula is C18H23N5O2. The number of aliphatic hydroxyl groups is 1. The first kappa shape index (κ1) is 17.3. The van der Waals surface area contributed by atoms with E-state index in [0.29, 0.717) is 11.5 Å². The summed E-state index contributed by atoms with van der Waals surface area (Å²) in [6.45, 7) is 1.97. The number of hydrogen-bond acceptors (Lipinski definition) is 5. The number of tetrazole rings is 1. The highest BCUT2D eigenvalue weighted by Crippen LogP contribution is 2.27. The summed E-state index contributed by atoms with van der Waals surface area (Å²) in [5.74, 6) is 0.215. The third-order valence-corrected chi connectivity index (χ3v) is 4.55. The fourth-order valence-electron chi connectivity index (χ4n) is 3.11. The van der Waals surface area contributed by atoms with E-state index in [-0.39, 0.29) is 12.5 Å². The fourth-order valence-corrected chi connectivity index (χ4v) is 3.11. The standard InChI is InChI=1S/C18H23N5O2/c1-14-20-21-22-23(14)16(12-15-8-4-2-5-9-15)17(24)19-13-18(25)10-6-3-7-11-18/h2,4-5,8-9,12,25H,3,6-7,10-11,13H2,1H3,(H,19,24). The number of aromatic nitrogens is 4. The molecule has 1 aliphatic carbocycles. The number of rotatable bonds is 5. The largest absolute Gasteiger partial charge is 0.388 e. The highest BCUT2D eigenvalue weighted by atomic mass is 16.3. The number of hydrogen-bond donors (Lipinski definition) is 2. The van der Waals surface area contributed by atoms with Crippen LogP contribution < -0.4 is 5.32 Å². The zero-order chi connectivity index (χ0) is 17.7. The van der Waals surface area contributed by atoms with E-state index in [4.69, 9.17) is 0 Å². The molecule has 1 aliphatic rings. The monoisotopic (exact) mass is 341 g/mol. The number of amides is 1. The van der Waals surface area contributed by atoms with Crippen molar-refractivity contribution >= 4 is 17.7 Å². The highest BCUT2D eigenvalue weighted by Gasteiger charge is 2.30. The lowest BCUT2D eigenvalue weighted by molar-refractivity contribution is -0.117. The van der Waals surface area contributed by atoms with Gasteiger partial charge in [0.05, 0.1) is 5.60 Å². The smallest absolute Gasteiger partial charge is 0.270 e. The van der Waals surface area contributed by atoms with Gasteiger partial charge in [0.15, 0.2) is 5.82 Å². The van der Waals surface area contributed by atoms with Gasteiger partial charge in [-0.1, -0.05) is 49.6 Å². The summed E-state index contributed by atoms with van der Waals surface area (Å²) >= 11 is 0. The third kappa shape index (κ3) is 4.30. The molecule has 1 heterocycles. The van der Waals surface area contributed by atoms with Crippen molar-refractivity contribution in [3.63, 3.8) is 0 Å². The van der Waals surface area contributed by atoms with Crippen LogP contribution in [0.5, 0.6) is 0 Å². The van der Waals surface area contributed by atoms with E-state index >= 15 is 0 Å². The Kier molecular flexibility index (Phi) is 5.23. The SMILES string of the molecule is Cc1nnnn1C(=Cc1ccccc1)C(=O)NCC1(O)CCCCC1. The van der Waals surface area contributed by atoms with Crippen LogP contribution in [0, 0.1) is 6.92 Å². The number of nitrogens with one attached hydrogen (secondary N) is 1. The molecule has 1 saturated carbocycles. The number of nitrogens with zero attached hydrogens (tertiary/aromatic N) is 4. The summed E-state index contributed by atoms with van der Waals surface area (Å²) < 4.78 is 1.41. The van der Waals surface area contributed by atoms with Crippen LogP contribution in [0.3, 0.4) is 0 Å². The number of carbonyl (C=O) groups excluding carboxylic acids is 1. The zero-order valence-electron chi connectivity index (χ0n) is 14.4. The maximum atomic E-state index is 12.8. The molecule has 0 saturated heterocycles. The van der Waals surface area contributed by atoms with Crippen LogP contribution in [0.2, 0.25) is 0 Å². The topological polar surface area (TPSA) is 92.9 Å². The predicted molar refractivity (Wildman–Crippen MR) is 94.2 cm³/mol. The predicted octanol–water partition coefficient (Wildman–Crippen LogP) is 1.79. The zero-order valence-corrected chi connectivity index (χ0v) is 14.4. The van der Waals surface area contributed by atoms with Gasteiger partial charge in [0.1, 0.15) is 5.70 Å². The van der Waals surface area contributed by atoms with Gasteiger partial charge in [-0.05, 0) is 41.8 Å². The quantitative estimate of drug-likeness (QED) is 0.809. The van der Waals surface area contributed by atoms with Gasteiger partial charge in [-0.25, -0.2) is 0 Å². The van der Waals surface area contributed by atoms with E-state index in [1.807, 2.05) is 30.3 Å². The molecule has 132 valence electrons. The Morgan fingerprint density at radius 3 is 2.64 bits per heavy atom. The summed E-state index contributed by atoms with van der Waals surface area (Å²) in [7, 11) is 0. The Balaban J connectivity index is 1.81. The fraction of sp³-hybridized carbons (Fsp3) is 0.444. The van der Waals surface area contributed by atoms with Crippen molar-refractivity contribution in [3.05, 3.63) is 41.7 Å². The minimum absolute atomic E-state index is 0.235. The second-order valence-corrected chi connectivity index (χ2v) is 6.55. The van der Waals surface area contributed by atoms with E-state index < -0.39 is 5.60 Å². The summed E-state index contributed by atoms with van der Waals surface area (Å²) in [4.78, 5) is 12.8. The number of benzene rings is 1. The first-order chi connectivity index (χ1) is 12.1. The molecule has 2 N–H and O–H groups in total. The van der Waals surface area contributed by atoms with Crippen molar-refractivity contribution in [3.8, 4) is 0 Å². The molecule has 1 aromatic carbocycles. The van der Waals surface area contributed by atoms with E-state index in [1.54, 1.807) is 13.0 Å². The lowest BCUT2D eigenvalue weighted by Crippen LogP contribution is -2.44. The van der Waals surface area contributed by atoms with E-state index in [2.05, 4.69) is 20.8 Å². The average molecular weight is 341 g/mol. The lowest BCUT2D eigenvalue weighted by Gasteiger charge is -2.32. The maximum Gasteiger partial charge on any atom is 0.270 e. The molecule has 1 amide bonds. The second-order valence-electron chi connectivity index (χ2n) is 6.55. The van der Waals surface area contributed by atoms with Crippen LogP contribution in [0.15, 0.2) is 30.3 Å². The van der Waals surface area contributed by atoms with Crippen molar-refractivity contribution in [1.29, 1.82) is 0 Å². The second kappa shape index (κ2) is 7.57. The summed E-state index contributed by atoms with van der Waals surface area (Å²) in [5.41, 5.74) is 0.383. The highest BCUT2D eigenvalue weighted by molar-refractivity contribution is 6.18. The lowest BCUT2D eigenvalue weighted by atomic mass is 9.85. The molecule has 0 radical (unpaired) electrons. The Morgan fingerprint density at radius 2 is 2.00 bits per heavy atom. The van der Waals surface area contributed by atoms with Crippen molar-refractivity contribution in [2.75, 3.05) is 6.54 Å². The van der Waals surface area contributed by atoms with Gasteiger partial charge >= 0.3 is 0 Å². The van der Waals surface area contributed by atoms with E-state index in [0.717, 1.165) is 37.7 Å². The first-order valence-electron chi connectivity index (χ1n) is 8.60. The maximum absolute atomic E-state index is 12.8. The molecule has 7 heteroatoms. The molecule has 3 rings (SSSR count). The third-order valence-electron chi connectivity index (χ3n) is 4.55. The Bertz CT molecular complexity index is 748. The van der Waals surface area contributed by atoms with Crippen LogP contribution in [0.1, 0.15) is 43.5 Å². The first-order valence-corrected chi connectivity index (χ1v) is 8.60. The molecule has 1 aromatic heterocycles. The van der Waals surface area contributed by atoms with Gasteiger partial charge in [0.2, 0.25) is 0 Å². The Labute approximate surface area is 146 Å². The van der Waals surface area contributed by atoms with Crippen molar-refractivity contribution in [1.82, 2.24) is 25.5 Å². The molecule has 0 spiro atoms. The molecular weight excluding hydrogens is 318 g/mol. The van der Waals surface area contributed by atoms with Crippen LogP contribution in [-0.2, 0) is 4.79 Å². The number of aryl methyl sites for hydroxylation is 1. The summed E-state index contributed by atoms with van der Waals surface area (Å²) in [6.07, 6.45) is 6.29. The molecule has 0 bridgehead atoms. The van der Waals surface area contributed by atoms with Gasteiger partial charge in [0.25, 0.3) is 5.91 Å². The van der Waals surface area contributed by atoms with Crippen molar-refractivity contribution in [2.45, 2.75) is 44.6 Å². The molecule has 0 aliphatic heterocycles. The average Bonchev–Trinajstić information content (AvgIpc) is 3.05. The molecule has 0 unspecified atom stereocenters. The normalized spacial score (nSPS) is 17.3. The summed E-state index contributed by atoms with van der Waals surface area (Å²) in [6, 6.07) is 9.53. The van der Waals surface area contributed by atoms with Crippen LogP contribution in [-0.4, -0.2) is 43.4 Å². The molecule has 25 heavy (non-hydrogen) atoms. The van der Waals surface area contributed by atoms with Crippen LogP contribution in [0.25, 0.3) is 11.8 Å². The van der Waals surface area contributed by atoms with Crippen molar-refractivity contribution in [2.24, 2.45) is 0 Å². The Hall–Kier alpha value is -2.54. The molecule has 0 atom stereocenters.